The number of hydrogen-bond donors (Lipinski definition) is 1. The Labute approximate surface area is 222 Å². The number of nitrogens with two attached hydrogens (primary N) is 1. The number of ether oxygens (including phenoxy) is 1. The molecule has 1 aliphatic carbocycles. The van der Waals surface area contributed by atoms with E-state index in [0.29, 0.717) is 17.2 Å². The SMILES string of the molecule is CC(C)N1CCN(c2ccc(C(N)=O)c([C@@H](C(=O)N3C[C@H](N=[N+]=[N-])[C@H]4OCC(=O)[C@H]43)C3CCCC3)c2)CC1. The lowest BCUT2D eigenvalue weighted by atomic mass is 9.80. The predicted octanol–water partition coefficient (Wildman–Crippen LogP) is 2.45. The lowest BCUT2D eigenvalue weighted by Gasteiger charge is -2.38. The second kappa shape index (κ2) is 10.9. The molecule has 2 N–H and O–H groups in total. The van der Waals surface area contributed by atoms with Gasteiger partial charge in [0.1, 0.15) is 12.6 Å². The van der Waals surface area contributed by atoms with E-state index in [0.717, 1.165) is 57.5 Å². The fourth-order valence-electron chi connectivity index (χ4n) is 6.81. The van der Waals surface area contributed by atoms with Gasteiger partial charge in [-0.15, -0.1) is 0 Å². The highest BCUT2D eigenvalue weighted by molar-refractivity contribution is 5.99. The fourth-order valence-corrected chi connectivity index (χ4v) is 6.81. The van der Waals surface area contributed by atoms with E-state index in [4.69, 9.17) is 16.0 Å². The molecule has 0 unspecified atom stereocenters. The number of carbonyl (C=O) groups is 3. The van der Waals surface area contributed by atoms with Crippen LogP contribution in [-0.2, 0) is 14.3 Å². The minimum atomic E-state index is -0.772. The summed E-state index contributed by atoms with van der Waals surface area (Å²) >= 11 is 0. The maximum atomic E-state index is 14.4. The summed E-state index contributed by atoms with van der Waals surface area (Å²) in [5.41, 5.74) is 16.8. The number of carbonyl (C=O) groups excluding carboxylic acids is 3. The van der Waals surface area contributed by atoms with Crippen LogP contribution in [-0.4, -0.2) is 91.0 Å². The molecule has 5 rings (SSSR count). The molecule has 2 amide bonds. The van der Waals surface area contributed by atoms with Crippen LogP contribution >= 0.6 is 0 Å². The lowest BCUT2D eigenvalue weighted by molar-refractivity contribution is -0.138. The molecule has 1 aromatic carbocycles. The summed E-state index contributed by atoms with van der Waals surface area (Å²) in [5.74, 6) is -1.56. The first-order valence-corrected chi connectivity index (χ1v) is 13.7. The van der Waals surface area contributed by atoms with Gasteiger partial charge in [-0.3, -0.25) is 19.3 Å². The van der Waals surface area contributed by atoms with E-state index in [1.165, 1.54) is 0 Å². The molecule has 0 aromatic heterocycles. The molecule has 3 saturated heterocycles. The van der Waals surface area contributed by atoms with Crippen molar-refractivity contribution in [3.8, 4) is 0 Å². The lowest BCUT2D eigenvalue weighted by Crippen LogP contribution is -2.49. The van der Waals surface area contributed by atoms with Crippen molar-refractivity contribution in [2.75, 3.05) is 44.2 Å². The Balaban J connectivity index is 1.51. The van der Waals surface area contributed by atoms with Crippen LogP contribution in [0.1, 0.15) is 61.4 Å². The number of fused-ring (bicyclic) bond motifs is 1. The number of nitrogens with zero attached hydrogens (tertiary/aromatic N) is 6. The maximum Gasteiger partial charge on any atom is 0.249 e. The summed E-state index contributed by atoms with van der Waals surface area (Å²) < 4.78 is 5.64. The van der Waals surface area contributed by atoms with Gasteiger partial charge in [0.05, 0.1) is 18.1 Å². The van der Waals surface area contributed by atoms with Gasteiger partial charge in [0.25, 0.3) is 0 Å². The zero-order valence-corrected chi connectivity index (χ0v) is 22.2. The number of piperazine rings is 1. The molecule has 0 bridgehead atoms. The molecular weight excluding hydrogens is 486 g/mol. The van der Waals surface area contributed by atoms with E-state index in [9.17, 15) is 14.4 Å². The molecule has 3 aliphatic heterocycles. The summed E-state index contributed by atoms with van der Waals surface area (Å²) in [7, 11) is 0. The normalized spacial score (nSPS) is 27.0. The van der Waals surface area contributed by atoms with E-state index >= 15 is 0 Å². The zero-order chi connectivity index (χ0) is 27.0. The van der Waals surface area contributed by atoms with Crippen molar-refractivity contribution < 1.29 is 19.1 Å². The highest BCUT2D eigenvalue weighted by atomic mass is 16.5. The van der Waals surface area contributed by atoms with Gasteiger partial charge in [0.15, 0.2) is 5.78 Å². The van der Waals surface area contributed by atoms with Crippen LogP contribution in [0.3, 0.4) is 0 Å². The molecule has 38 heavy (non-hydrogen) atoms. The van der Waals surface area contributed by atoms with Crippen molar-refractivity contribution in [2.45, 2.75) is 69.7 Å². The smallest absolute Gasteiger partial charge is 0.249 e. The molecule has 11 nitrogen and oxygen atoms in total. The molecule has 0 radical (unpaired) electrons. The summed E-state index contributed by atoms with van der Waals surface area (Å²) in [6.45, 7) is 8.00. The third-order valence-electron chi connectivity index (χ3n) is 8.82. The molecule has 4 atom stereocenters. The number of amides is 2. The first-order chi connectivity index (χ1) is 18.3. The Morgan fingerprint density at radius 1 is 1.16 bits per heavy atom. The minimum Gasteiger partial charge on any atom is -0.369 e. The second-order valence-corrected chi connectivity index (χ2v) is 11.2. The highest BCUT2D eigenvalue weighted by Gasteiger charge is 2.53. The largest absolute Gasteiger partial charge is 0.369 e. The van der Waals surface area contributed by atoms with Gasteiger partial charge in [-0.05, 0) is 61.9 Å². The van der Waals surface area contributed by atoms with Gasteiger partial charge in [0.2, 0.25) is 11.8 Å². The summed E-state index contributed by atoms with van der Waals surface area (Å²) in [6.07, 6.45) is 3.10. The first kappa shape index (κ1) is 26.5. The number of anilines is 1. The molecule has 0 spiro atoms. The molecular formula is C27H37N7O4. The molecule has 4 fully saturated rings. The zero-order valence-electron chi connectivity index (χ0n) is 22.2. The van der Waals surface area contributed by atoms with Crippen LogP contribution in [0.4, 0.5) is 5.69 Å². The van der Waals surface area contributed by atoms with Crippen LogP contribution in [0.15, 0.2) is 23.3 Å². The van der Waals surface area contributed by atoms with Crippen LogP contribution in [0.2, 0.25) is 0 Å². The quantitative estimate of drug-likeness (QED) is 0.330. The monoisotopic (exact) mass is 523 g/mol. The molecule has 1 aromatic rings. The van der Waals surface area contributed by atoms with E-state index < -0.39 is 30.0 Å². The third kappa shape index (κ3) is 4.86. The Bertz CT molecular complexity index is 1140. The number of azide groups is 1. The van der Waals surface area contributed by atoms with Crippen LogP contribution in [0, 0.1) is 5.92 Å². The van der Waals surface area contributed by atoms with E-state index in [-0.39, 0.29) is 30.8 Å². The molecule has 4 aliphatic rings. The Morgan fingerprint density at radius 2 is 1.87 bits per heavy atom. The van der Waals surface area contributed by atoms with Crippen molar-refractivity contribution in [3.63, 3.8) is 0 Å². The van der Waals surface area contributed by atoms with Gasteiger partial charge in [-0.25, -0.2) is 0 Å². The first-order valence-electron chi connectivity index (χ1n) is 13.7. The number of benzene rings is 1. The standard InChI is InChI=1S/C27H37N7O4/c1-16(2)32-9-11-33(12-10-32)18-7-8-19(26(28)36)20(13-18)23(17-5-3-4-6-17)27(37)34-14-21(30-31-29)25-24(34)22(35)15-38-25/h7-8,13,16-17,21,23-25H,3-6,9-12,14-15H2,1-2H3,(H2,28,36)/t21-,23-,24+,25+/m0/s1. The van der Waals surface area contributed by atoms with Gasteiger partial charge < -0.3 is 20.3 Å². The Hall–Kier alpha value is -3.14. The van der Waals surface area contributed by atoms with Crippen LogP contribution in [0.25, 0.3) is 10.4 Å². The number of rotatable bonds is 7. The summed E-state index contributed by atoms with van der Waals surface area (Å²) in [6, 6.07) is 4.72. The van der Waals surface area contributed by atoms with Gasteiger partial charge >= 0.3 is 0 Å². The van der Waals surface area contributed by atoms with Crippen LogP contribution in [0.5, 0.6) is 0 Å². The molecule has 11 heteroatoms. The number of likely N-dealkylation sites (tertiary alicyclic amines) is 1. The number of Topliss-reactive ketones (excluding diaryl/α,β-unsaturated/α-hetero) is 1. The van der Waals surface area contributed by atoms with Crippen molar-refractivity contribution in [3.05, 3.63) is 39.8 Å². The molecule has 3 heterocycles. The number of primary amides is 1. The van der Waals surface area contributed by atoms with Crippen LogP contribution < -0.4 is 10.6 Å². The average molecular weight is 524 g/mol. The highest BCUT2D eigenvalue weighted by Crippen LogP contribution is 2.43. The molecule has 204 valence electrons. The van der Waals surface area contributed by atoms with Gasteiger partial charge in [-0.1, -0.05) is 18.0 Å². The third-order valence-corrected chi connectivity index (χ3v) is 8.82. The minimum absolute atomic E-state index is 0.0306. The average Bonchev–Trinajstić information content (AvgIpc) is 3.64. The van der Waals surface area contributed by atoms with Crippen molar-refractivity contribution >= 4 is 23.3 Å². The predicted molar refractivity (Wildman–Crippen MR) is 142 cm³/mol. The van der Waals surface area contributed by atoms with E-state index in [2.05, 4.69) is 33.7 Å². The second-order valence-electron chi connectivity index (χ2n) is 11.2. The van der Waals surface area contributed by atoms with Crippen molar-refractivity contribution in [1.29, 1.82) is 0 Å². The summed E-state index contributed by atoms with van der Waals surface area (Å²) in [5, 5.41) is 3.83. The van der Waals surface area contributed by atoms with Gasteiger partial charge in [-0.2, -0.15) is 0 Å². The number of hydrogen-bond acceptors (Lipinski definition) is 7. The van der Waals surface area contributed by atoms with E-state index in [1.807, 2.05) is 12.1 Å². The summed E-state index contributed by atoms with van der Waals surface area (Å²) in [4.78, 5) is 48.9. The van der Waals surface area contributed by atoms with Gasteiger partial charge in [0, 0.05) is 54.9 Å². The molecule has 1 saturated carbocycles. The number of ketones is 1. The Morgan fingerprint density at radius 3 is 2.50 bits per heavy atom. The topological polar surface area (TPSA) is 145 Å². The van der Waals surface area contributed by atoms with Crippen molar-refractivity contribution in [2.24, 2.45) is 16.8 Å². The maximum absolute atomic E-state index is 14.4. The fraction of sp³-hybridized carbons (Fsp3) is 0.667. The Kier molecular flexibility index (Phi) is 7.61. The van der Waals surface area contributed by atoms with Crippen molar-refractivity contribution in [1.82, 2.24) is 9.80 Å². The van der Waals surface area contributed by atoms with E-state index in [1.54, 1.807) is 11.0 Å².